The maximum atomic E-state index is 12.2. The summed E-state index contributed by atoms with van der Waals surface area (Å²) < 4.78 is 52.4. The van der Waals surface area contributed by atoms with Crippen LogP contribution in [0.3, 0.4) is 0 Å². The van der Waals surface area contributed by atoms with E-state index in [1.165, 1.54) is 6.07 Å². The van der Waals surface area contributed by atoms with Crippen molar-refractivity contribution in [1.82, 2.24) is 9.55 Å². The lowest BCUT2D eigenvalue weighted by Crippen LogP contribution is -2.55. The first-order chi connectivity index (χ1) is 14.9. The lowest BCUT2D eigenvalue weighted by molar-refractivity contribution is -0.0754. The van der Waals surface area contributed by atoms with Gasteiger partial charge in [0.15, 0.2) is 11.8 Å². The quantitative estimate of drug-likeness (QED) is 0.145. The third kappa shape index (κ3) is 6.92. The summed E-state index contributed by atoms with van der Waals surface area (Å²) in [6.07, 6.45) is -5.60. The van der Waals surface area contributed by atoms with E-state index in [2.05, 4.69) is 24.0 Å². The van der Waals surface area contributed by atoms with Crippen molar-refractivity contribution in [1.29, 1.82) is 0 Å². The number of rotatable bonds is 8. The fraction of sp³-hybridized carbons (Fsp3) is 0.500. The van der Waals surface area contributed by atoms with Crippen LogP contribution in [0, 0.1) is 11.3 Å². The maximum Gasteiger partial charge on any atom is 0.490 e. The van der Waals surface area contributed by atoms with Gasteiger partial charge in [0.1, 0.15) is 18.0 Å². The van der Waals surface area contributed by atoms with Gasteiger partial charge in [-0.3, -0.25) is 9.09 Å². The summed E-state index contributed by atoms with van der Waals surface area (Å²) in [7, 11) is -16.9. The van der Waals surface area contributed by atoms with Gasteiger partial charge in [0.05, 0.1) is 6.10 Å². The highest BCUT2D eigenvalue weighted by atomic mass is 35.5. The lowest BCUT2D eigenvalue weighted by atomic mass is 9.90. The predicted molar refractivity (Wildman–Crippen MR) is 108 cm³/mol. The van der Waals surface area contributed by atoms with Crippen LogP contribution in [0.2, 0.25) is 0 Å². The first-order valence-electron chi connectivity index (χ1n) is 8.33. The molecule has 1 aliphatic rings. The number of phosphoric ester groups is 1. The zero-order valence-corrected chi connectivity index (χ0v) is 19.7. The molecule has 21 heteroatoms. The number of nitrogens with zero attached hydrogens (tertiary/aromatic N) is 2. The molecule has 1 aliphatic heterocycles. The molecule has 2 rings (SSSR count). The molecule has 7 atom stereocenters. The molecule has 0 aromatic carbocycles. The highest BCUT2D eigenvalue weighted by Crippen LogP contribution is 2.66. The topological polar surface area (TPSA) is 276 Å². The van der Waals surface area contributed by atoms with E-state index in [4.69, 9.17) is 37.6 Å². The number of aromatic nitrogens is 2. The highest BCUT2D eigenvalue weighted by molar-refractivity contribution is 7.66. The number of aliphatic hydroxyl groups is 1. The van der Waals surface area contributed by atoms with Crippen molar-refractivity contribution >= 4 is 40.9 Å². The molecule has 186 valence electrons. The van der Waals surface area contributed by atoms with Gasteiger partial charge in [-0.1, -0.05) is 5.92 Å². The van der Waals surface area contributed by atoms with Crippen molar-refractivity contribution in [3.63, 3.8) is 0 Å². The molecule has 1 aromatic heterocycles. The van der Waals surface area contributed by atoms with Crippen LogP contribution in [0.4, 0.5) is 5.82 Å². The average Bonchev–Trinajstić information content (AvgIpc) is 2.83. The predicted octanol–water partition coefficient (Wildman–Crippen LogP) is -1.29. The van der Waals surface area contributed by atoms with E-state index >= 15 is 0 Å². The number of hydrogen-bond donors (Lipinski definition) is 7. The zero-order valence-electron chi connectivity index (χ0n) is 16.2. The SMILES string of the molecule is C[C@H](OP(=O)(O)OP(=O)(O)OP(=O)(O)O)[C@H]1O[C@@H](n2ccc(N)nc2=O)C(N)(C#CCl)C1O. The monoisotopic (exact) mass is 554 g/mol. The Hall–Kier alpha value is -1.18. The van der Waals surface area contributed by atoms with Crippen molar-refractivity contribution in [3.05, 3.63) is 22.7 Å². The van der Waals surface area contributed by atoms with Crippen molar-refractivity contribution in [2.45, 2.75) is 37.0 Å². The Morgan fingerprint density at radius 3 is 2.39 bits per heavy atom. The minimum absolute atomic E-state index is 0.140. The van der Waals surface area contributed by atoms with Gasteiger partial charge >= 0.3 is 29.2 Å². The Bertz CT molecular complexity index is 1160. The summed E-state index contributed by atoms with van der Waals surface area (Å²) in [4.78, 5) is 51.7. The molecule has 0 bridgehead atoms. The molecule has 1 aromatic rings. The van der Waals surface area contributed by atoms with E-state index in [9.17, 15) is 33.4 Å². The van der Waals surface area contributed by atoms with Gasteiger partial charge in [-0.2, -0.15) is 13.6 Å². The van der Waals surface area contributed by atoms with E-state index in [0.29, 0.717) is 0 Å². The fourth-order valence-electron chi connectivity index (χ4n) is 2.81. The molecule has 0 radical (unpaired) electrons. The minimum atomic E-state index is -5.78. The smallest absolute Gasteiger partial charge is 0.387 e. The van der Waals surface area contributed by atoms with Gasteiger partial charge < -0.3 is 40.9 Å². The fourth-order valence-corrected chi connectivity index (χ4v) is 6.17. The van der Waals surface area contributed by atoms with Gasteiger partial charge in [0, 0.05) is 11.6 Å². The molecule has 1 fully saturated rings. The second-order valence-electron chi connectivity index (χ2n) is 6.49. The van der Waals surface area contributed by atoms with E-state index in [1.54, 1.807) is 0 Å². The molecular formula is C12H18ClN4O13P3. The van der Waals surface area contributed by atoms with Crippen LogP contribution in [0.5, 0.6) is 0 Å². The number of nitrogens with two attached hydrogens (primary N) is 2. The summed E-state index contributed by atoms with van der Waals surface area (Å²) in [5.41, 5.74) is 8.47. The first-order valence-corrected chi connectivity index (χ1v) is 13.2. The second-order valence-corrected chi connectivity index (χ2v) is 11.1. The number of nitrogen functional groups attached to an aromatic ring is 1. The van der Waals surface area contributed by atoms with Gasteiger partial charge in [-0.15, -0.1) is 0 Å². The average molecular weight is 555 g/mol. The summed E-state index contributed by atoms with van der Waals surface area (Å²) in [5.74, 6) is 2.12. The molecular weight excluding hydrogens is 537 g/mol. The Labute approximate surface area is 189 Å². The van der Waals surface area contributed by atoms with Crippen molar-refractivity contribution < 1.29 is 56.3 Å². The summed E-state index contributed by atoms with van der Waals surface area (Å²) in [5, 5.41) is 12.6. The molecule has 17 nitrogen and oxygen atoms in total. The lowest BCUT2D eigenvalue weighted by Gasteiger charge is -2.28. The van der Waals surface area contributed by atoms with Gasteiger partial charge in [0.2, 0.25) is 0 Å². The van der Waals surface area contributed by atoms with E-state index < -0.39 is 59.2 Å². The number of phosphoric acid groups is 3. The van der Waals surface area contributed by atoms with E-state index in [-0.39, 0.29) is 5.82 Å². The van der Waals surface area contributed by atoms with Crippen LogP contribution in [0.1, 0.15) is 13.2 Å². The third-order valence-corrected chi connectivity index (χ3v) is 8.06. The van der Waals surface area contributed by atoms with Gasteiger partial charge in [-0.05, 0) is 24.6 Å². The molecule has 9 N–H and O–H groups in total. The molecule has 0 spiro atoms. The van der Waals surface area contributed by atoms with Crippen LogP contribution < -0.4 is 17.2 Å². The van der Waals surface area contributed by atoms with Crippen molar-refractivity contribution in [2.75, 3.05) is 5.73 Å². The number of aliphatic hydroxyl groups excluding tert-OH is 1. The Morgan fingerprint density at radius 1 is 1.27 bits per heavy atom. The molecule has 1 saturated heterocycles. The van der Waals surface area contributed by atoms with Crippen LogP contribution in [-0.2, 0) is 31.6 Å². The summed E-state index contributed by atoms with van der Waals surface area (Å²) in [6.45, 7) is 1.03. The highest BCUT2D eigenvalue weighted by Gasteiger charge is 2.57. The Kier molecular flexibility index (Phi) is 8.35. The minimum Gasteiger partial charge on any atom is -0.387 e. The number of ether oxygens (including phenoxy) is 1. The molecule has 0 aliphatic carbocycles. The third-order valence-electron chi connectivity index (χ3n) is 4.04. The van der Waals surface area contributed by atoms with E-state index in [1.807, 2.05) is 5.38 Å². The van der Waals surface area contributed by atoms with Gasteiger partial charge in [0.25, 0.3) is 0 Å². The zero-order chi connectivity index (χ0) is 25.4. The standard InChI is InChI=1S/C12H18ClN4O13P3/c1-6(28-32(23,24)30-33(25,26)29-31(20,21)22)8-9(18)12(15,3-4-13)10(27-8)17-5-2-7(14)16-11(17)19/h2,5-6,8-10,18H,15H2,1H3,(H,23,24)(H,25,26)(H2,14,16,19)(H2,20,21,22)/t6-,8+,9?,10+,12?/m0/s1. The summed E-state index contributed by atoms with van der Waals surface area (Å²) >= 11 is 5.41. The van der Waals surface area contributed by atoms with Crippen LogP contribution in [0.25, 0.3) is 0 Å². The van der Waals surface area contributed by atoms with Crippen molar-refractivity contribution in [2.24, 2.45) is 5.73 Å². The summed E-state index contributed by atoms with van der Waals surface area (Å²) in [6, 6.07) is 1.20. The molecule has 0 amide bonds. The van der Waals surface area contributed by atoms with Gasteiger partial charge in [-0.25, -0.2) is 18.5 Å². The Balaban J connectivity index is 2.31. The number of halogens is 1. The van der Waals surface area contributed by atoms with Crippen LogP contribution >= 0.6 is 35.1 Å². The van der Waals surface area contributed by atoms with E-state index in [0.717, 1.165) is 17.7 Å². The number of anilines is 1. The number of hydrogen-bond acceptors (Lipinski definition) is 12. The molecule has 33 heavy (non-hydrogen) atoms. The first kappa shape index (κ1) is 28.1. The van der Waals surface area contributed by atoms with Crippen LogP contribution in [-0.4, -0.2) is 58.1 Å². The largest absolute Gasteiger partial charge is 0.490 e. The second kappa shape index (κ2) is 9.82. The molecule has 4 unspecified atom stereocenters. The Morgan fingerprint density at radius 2 is 1.88 bits per heavy atom. The molecule has 0 saturated carbocycles. The molecule has 2 heterocycles. The normalized spacial score (nSPS) is 30.0. The van der Waals surface area contributed by atoms with Crippen molar-refractivity contribution in [3.8, 4) is 11.3 Å². The van der Waals surface area contributed by atoms with Crippen LogP contribution in [0.15, 0.2) is 17.1 Å². The maximum absolute atomic E-state index is 12.2.